The molecule has 0 fully saturated rings. The van der Waals surface area contributed by atoms with E-state index in [1.54, 1.807) is 0 Å². The van der Waals surface area contributed by atoms with Crippen molar-refractivity contribution in [2.45, 2.75) is 0 Å². The van der Waals surface area contributed by atoms with Gasteiger partial charge in [-0.05, 0) is 112 Å². The minimum absolute atomic E-state index is 0.586. The Balaban J connectivity index is 0.863. The number of aromatic nitrogens is 5. The molecule has 75 heavy (non-hydrogen) atoms. The molecule has 0 amide bonds. The van der Waals surface area contributed by atoms with Crippen LogP contribution in [0.2, 0.25) is 0 Å². The fourth-order valence-electron chi connectivity index (χ4n) is 11.3. The zero-order valence-electron chi connectivity index (χ0n) is 40.5. The molecule has 6 nitrogen and oxygen atoms in total. The van der Waals surface area contributed by atoms with Crippen molar-refractivity contribution in [3.05, 3.63) is 261 Å². The van der Waals surface area contributed by atoms with Crippen molar-refractivity contribution < 1.29 is 4.42 Å². The number of para-hydroxylation sites is 2. The molecular formula is C69H43N5O. The summed E-state index contributed by atoms with van der Waals surface area (Å²) in [4.78, 5) is 15.2. The molecule has 0 saturated carbocycles. The molecule has 350 valence electrons. The van der Waals surface area contributed by atoms with Gasteiger partial charge in [0.25, 0.3) is 0 Å². The summed E-state index contributed by atoms with van der Waals surface area (Å²) in [6.07, 6.45) is 0. The van der Waals surface area contributed by atoms with Crippen molar-refractivity contribution in [1.82, 2.24) is 24.1 Å². The smallest absolute Gasteiger partial charge is 0.164 e. The lowest BCUT2D eigenvalue weighted by Crippen LogP contribution is -2.00. The third kappa shape index (κ3) is 7.14. The largest absolute Gasteiger partial charge is 0.456 e. The van der Waals surface area contributed by atoms with Gasteiger partial charge in [0.05, 0.1) is 22.1 Å². The van der Waals surface area contributed by atoms with E-state index in [2.05, 4.69) is 197 Å². The van der Waals surface area contributed by atoms with Crippen LogP contribution in [0.4, 0.5) is 0 Å². The van der Waals surface area contributed by atoms with Gasteiger partial charge in [0.15, 0.2) is 17.5 Å². The predicted octanol–water partition coefficient (Wildman–Crippen LogP) is 18.0. The van der Waals surface area contributed by atoms with Crippen molar-refractivity contribution in [3.8, 4) is 78.9 Å². The first kappa shape index (κ1) is 42.5. The van der Waals surface area contributed by atoms with Crippen molar-refractivity contribution in [3.63, 3.8) is 0 Å². The molecule has 6 heteroatoms. The molecule has 0 unspecified atom stereocenters. The van der Waals surface area contributed by atoms with E-state index >= 15 is 0 Å². The Morgan fingerprint density at radius 2 is 0.720 bits per heavy atom. The Kier molecular flexibility index (Phi) is 9.78. The Morgan fingerprint density at radius 1 is 0.253 bits per heavy atom. The van der Waals surface area contributed by atoms with Gasteiger partial charge in [-0.3, -0.25) is 0 Å². The predicted molar refractivity (Wildman–Crippen MR) is 308 cm³/mol. The van der Waals surface area contributed by atoms with E-state index in [-0.39, 0.29) is 0 Å². The SMILES string of the molecule is c1ccc(-c2cc(-c3ccccc3)cc(-n3c4ccccc4c4cc(-c5ccc6c(c5)c5ccccc5n6-c5ccc6oc7cccc(-c8nc(-c9ccccc9)nc(-c9ccccc9)n8)c7c6c5)ccc43)c2)cc1. The summed E-state index contributed by atoms with van der Waals surface area (Å²) >= 11 is 0. The van der Waals surface area contributed by atoms with E-state index in [0.717, 1.165) is 77.7 Å². The van der Waals surface area contributed by atoms with Crippen LogP contribution in [-0.4, -0.2) is 24.1 Å². The standard InChI is InChI=1S/C69H43N5O/c1-5-18-44(19-6-1)50-38-51(45-20-7-2-8-21-45)40-53(39-50)74-61-30-16-14-27-55(61)58-42-49(33-36-63(58)74)48-32-35-62-57(41-48)54-26-13-15-29-60(54)73(62)52-34-37-64-59(43-52)66-56(28-17-31-65(66)75-64)69-71-67(46-22-9-3-10-23-46)70-68(72-69)47-24-11-4-12-25-47/h1-43H. The zero-order valence-corrected chi connectivity index (χ0v) is 40.5. The first-order valence-electron chi connectivity index (χ1n) is 25.3. The van der Waals surface area contributed by atoms with Crippen LogP contribution in [0, 0.1) is 0 Å². The minimum atomic E-state index is 0.586. The highest BCUT2D eigenvalue weighted by Gasteiger charge is 2.21. The second-order valence-corrected chi connectivity index (χ2v) is 19.2. The van der Waals surface area contributed by atoms with Crippen LogP contribution < -0.4 is 0 Å². The first-order valence-corrected chi connectivity index (χ1v) is 25.3. The van der Waals surface area contributed by atoms with Crippen LogP contribution in [0.15, 0.2) is 265 Å². The number of fused-ring (bicyclic) bond motifs is 9. The minimum Gasteiger partial charge on any atom is -0.456 e. The molecule has 15 rings (SSSR count). The van der Waals surface area contributed by atoms with E-state index in [9.17, 15) is 0 Å². The highest BCUT2D eigenvalue weighted by atomic mass is 16.3. The van der Waals surface area contributed by atoms with Crippen LogP contribution in [0.25, 0.3) is 144 Å². The number of rotatable bonds is 8. The van der Waals surface area contributed by atoms with Crippen molar-refractivity contribution in [2.75, 3.05) is 0 Å². The summed E-state index contributed by atoms with van der Waals surface area (Å²) in [6, 6.07) is 92.6. The summed E-state index contributed by atoms with van der Waals surface area (Å²) in [5.41, 5.74) is 18.1. The third-order valence-corrected chi connectivity index (χ3v) is 14.7. The molecule has 11 aromatic carbocycles. The van der Waals surface area contributed by atoms with Gasteiger partial charge >= 0.3 is 0 Å². The zero-order chi connectivity index (χ0) is 49.4. The lowest BCUT2D eigenvalue weighted by molar-refractivity contribution is 0.669. The fraction of sp³-hybridized carbons (Fsp3) is 0. The molecule has 0 spiro atoms. The summed E-state index contributed by atoms with van der Waals surface area (Å²) < 4.78 is 11.4. The molecule has 4 heterocycles. The van der Waals surface area contributed by atoms with Crippen molar-refractivity contribution >= 4 is 65.6 Å². The van der Waals surface area contributed by atoms with Gasteiger partial charge in [0.1, 0.15) is 11.2 Å². The van der Waals surface area contributed by atoms with Crippen LogP contribution in [-0.2, 0) is 0 Å². The van der Waals surface area contributed by atoms with E-state index in [4.69, 9.17) is 19.4 Å². The molecular weight excluding hydrogens is 915 g/mol. The third-order valence-electron chi connectivity index (χ3n) is 14.7. The number of benzene rings is 11. The van der Waals surface area contributed by atoms with Gasteiger partial charge in [-0.1, -0.05) is 182 Å². The molecule has 0 aliphatic carbocycles. The van der Waals surface area contributed by atoms with Crippen LogP contribution in [0.1, 0.15) is 0 Å². The van der Waals surface area contributed by atoms with Crippen LogP contribution in [0.5, 0.6) is 0 Å². The lowest BCUT2D eigenvalue weighted by atomic mass is 9.98. The maximum absolute atomic E-state index is 6.61. The molecule has 0 aliphatic rings. The van der Waals surface area contributed by atoms with Gasteiger partial charge in [-0.2, -0.15) is 0 Å². The average molecular weight is 958 g/mol. The van der Waals surface area contributed by atoms with Gasteiger partial charge in [-0.15, -0.1) is 0 Å². The van der Waals surface area contributed by atoms with Crippen LogP contribution in [0.3, 0.4) is 0 Å². The highest BCUT2D eigenvalue weighted by Crippen LogP contribution is 2.42. The van der Waals surface area contributed by atoms with Gasteiger partial charge in [0.2, 0.25) is 0 Å². The maximum Gasteiger partial charge on any atom is 0.164 e. The van der Waals surface area contributed by atoms with Gasteiger partial charge in [-0.25, -0.2) is 15.0 Å². The Hall–Kier alpha value is -10.2. The second kappa shape index (κ2) is 17.3. The van der Waals surface area contributed by atoms with Gasteiger partial charge < -0.3 is 13.6 Å². The Morgan fingerprint density at radius 3 is 1.27 bits per heavy atom. The Labute approximate surface area is 431 Å². The van der Waals surface area contributed by atoms with Crippen molar-refractivity contribution in [1.29, 1.82) is 0 Å². The Bertz CT molecular complexity index is 4570. The normalized spacial score (nSPS) is 11.7. The van der Waals surface area contributed by atoms with Gasteiger partial charge in [0, 0.05) is 60.4 Å². The van der Waals surface area contributed by atoms with E-state index in [0.29, 0.717) is 17.5 Å². The molecule has 15 aromatic rings. The number of hydrogen-bond donors (Lipinski definition) is 0. The molecule has 0 saturated heterocycles. The molecule has 0 radical (unpaired) electrons. The molecule has 0 atom stereocenters. The number of furan rings is 1. The van der Waals surface area contributed by atoms with E-state index in [1.165, 1.54) is 49.3 Å². The van der Waals surface area contributed by atoms with E-state index in [1.807, 2.05) is 72.8 Å². The average Bonchev–Trinajstić information content (AvgIpc) is 4.19. The topological polar surface area (TPSA) is 61.7 Å². The summed E-state index contributed by atoms with van der Waals surface area (Å²) in [6.45, 7) is 0. The summed E-state index contributed by atoms with van der Waals surface area (Å²) in [7, 11) is 0. The molecule has 0 aliphatic heterocycles. The molecule has 0 bridgehead atoms. The molecule has 0 N–H and O–H groups in total. The quantitative estimate of drug-likeness (QED) is 0.152. The van der Waals surface area contributed by atoms with Crippen molar-refractivity contribution in [2.24, 2.45) is 0 Å². The summed E-state index contributed by atoms with van der Waals surface area (Å²) in [5.74, 6) is 1.82. The lowest BCUT2D eigenvalue weighted by Gasteiger charge is -2.14. The van der Waals surface area contributed by atoms with E-state index < -0.39 is 0 Å². The highest BCUT2D eigenvalue weighted by molar-refractivity contribution is 6.15. The van der Waals surface area contributed by atoms with Crippen LogP contribution >= 0.6 is 0 Å². The maximum atomic E-state index is 6.61. The number of nitrogens with zero attached hydrogens (tertiary/aromatic N) is 5. The monoisotopic (exact) mass is 957 g/mol. The summed E-state index contributed by atoms with van der Waals surface area (Å²) in [5, 5.41) is 6.73. The number of hydrogen-bond acceptors (Lipinski definition) is 4. The first-order chi connectivity index (χ1) is 37.2. The molecule has 4 aromatic heterocycles. The fourth-order valence-corrected chi connectivity index (χ4v) is 11.3. The second-order valence-electron chi connectivity index (χ2n) is 19.2.